The van der Waals surface area contributed by atoms with Crippen LogP contribution in [-0.4, -0.2) is 15.0 Å². The highest BCUT2D eigenvalue weighted by molar-refractivity contribution is 9.10. The molecule has 2 rings (SSSR count). The van der Waals surface area contributed by atoms with Crippen molar-refractivity contribution in [1.82, 2.24) is 0 Å². The smallest absolute Gasteiger partial charge is 0.262 e. The van der Waals surface area contributed by atoms with Crippen molar-refractivity contribution in [3.63, 3.8) is 0 Å². The second kappa shape index (κ2) is 6.41. The van der Waals surface area contributed by atoms with Gasteiger partial charge in [0.15, 0.2) is 0 Å². The predicted octanol–water partition coefficient (Wildman–Crippen LogP) is 3.97. The van der Waals surface area contributed by atoms with Gasteiger partial charge in [-0.15, -0.1) is 6.58 Å². The van der Waals surface area contributed by atoms with Crippen LogP contribution in [0.4, 0.5) is 10.1 Å². The maximum atomic E-state index is 13.4. The van der Waals surface area contributed by atoms with Gasteiger partial charge in [-0.05, 0) is 42.5 Å². The molecule has 0 N–H and O–H groups in total. The lowest BCUT2D eigenvalue weighted by molar-refractivity contribution is 0.592. The zero-order valence-electron chi connectivity index (χ0n) is 11.0. The molecule has 0 radical (unpaired) electrons. The second-order valence-corrected chi connectivity index (χ2v) is 7.04. The first-order chi connectivity index (χ1) is 9.95. The zero-order chi connectivity index (χ0) is 15.5. The summed E-state index contributed by atoms with van der Waals surface area (Å²) in [5.74, 6) is -0.493. The molecule has 0 atom stereocenters. The minimum atomic E-state index is -3.78. The van der Waals surface area contributed by atoms with Gasteiger partial charge >= 0.3 is 0 Å². The Morgan fingerprint density at radius 1 is 1.19 bits per heavy atom. The van der Waals surface area contributed by atoms with Crippen molar-refractivity contribution in [3.05, 3.63) is 71.5 Å². The van der Waals surface area contributed by atoms with Crippen molar-refractivity contribution in [2.24, 2.45) is 0 Å². The number of nitrogens with zero attached hydrogens (tertiary/aromatic N) is 1. The van der Waals surface area contributed by atoms with Crippen LogP contribution in [0.3, 0.4) is 0 Å². The Kier molecular flexibility index (Phi) is 4.80. The summed E-state index contributed by atoms with van der Waals surface area (Å²) < 4.78 is 40.6. The SMILES string of the molecule is C=CCN(c1cccc(F)c1)S(=O)(=O)c1ccc(Br)cc1. The molecule has 0 aliphatic carbocycles. The summed E-state index contributed by atoms with van der Waals surface area (Å²) in [5.41, 5.74) is 0.262. The van der Waals surface area contributed by atoms with Crippen molar-refractivity contribution in [3.8, 4) is 0 Å². The molecule has 0 bridgehead atoms. The van der Waals surface area contributed by atoms with Gasteiger partial charge in [-0.25, -0.2) is 12.8 Å². The van der Waals surface area contributed by atoms with Gasteiger partial charge in [-0.1, -0.05) is 28.1 Å². The number of hydrogen-bond donors (Lipinski definition) is 0. The van der Waals surface area contributed by atoms with Gasteiger partial charge < -0.3 is 0 Å². The summed E-state index contributed by atoms with van der Waals surface area (Å²) in [5, 5.41) is 0. The van der Waals surface area contributed by atoms with Gasteiger partial charge in [0.05, 0.1) is 17.1 Å². The van der Waals surface area contributed by atoms with Crippen LogP contribution in [0.15, 0.2) is 70.6 Å². The number of benzene rings is 2. The number of anilines is 1. The molecule has 0 spiro atoms. The molecule has 0 heterocycles. The van der Waals surface area contributed by atoms with Crippen LogP contribution in [0, 0.1) is 5.82 Å². The molecule has 0 amide bonds. The van der Waals surface area contributed by atoms with Gasteiger partial charge in [0, 0.05) is 4.47 Å². The maximum absolute atomic E-state index is 13.4. The molecule has 0 fully saturated rings. The molecule has 0 aromatic heterocycles. The molecule has 2 aromatic carbocycles. The number of rotatable bonds is 5. The largest absolute Gasteiger partial charge is 0.264 e. The van der Waals surface area contributed by atoms with Gasteiger partial charge in [0.1, 0.15) is 5.82 Å². The highest BCUT2D eigenvalue weighted by Gasteiger charge is 2.24. The first kappa shape index (κ1) is 15.7. The van der Waals surface area contributed by atoms with E-state index in [0.717, 1.165) is 8.78 Å². The highest BCUT2D eigenvalue weighted by atomic mass is 79.9. The van der Waals surface area contributed by atoms with Crippen LogP contribution < -0.4 is 4.31 Å². The normalized spacial score (nSPS) is 11.1. The first-order valence-corrected chi connectivity index (χ1v) is 8.33. The summed E-state index contributed by atoms with van der Waals surface area (Å²) in [6.45, 7) is 3.62. The third-order valence-electron chi connectivity index (χ3n) is 2.79. The second-order valence-electron chi connectivity index (χ2n) is 4.26. The van der Waals surface area contributed by atoms with E-state index >= 15 is 0 Å². The first-order valence-electron chi connectivity index (χ1n) is 6.10. The molecule has 0 aliphatic rings. The molecular weight excluding hydrogens is 357 g/mol. The van der Waals surface area contributed by atoms with E-state index in [-0.39, 0.29) is 17.1 Å². The Hall–Kier alpha value is -1.66. The van der Waals surface area contributed by atoms with E-state index in [1.807, 2.05) is 0 Å². The van der Waals surface area contributed by atoms with E-state index < -0.39 is 15.8 Å². The summed E-state index contributed by atoms with van der Waals surface area (Å²) in [6, 6.07) is 11.7. The Bertz CT molecular complexity index is 745. The third-order valence-corrected chi connectivity index (χ3v) is 5.13. The van der Waals surface area contributed by atoms with Crippen molar-refractivity contribution in [1.29, 1.82) is 0 Å². The minimum absolute atomic E-state index is 0.0574. The molecule has 21 heavy (non-hydrogen) atoms. The number of hydrogen-bond acceptors (Lipinski definition) is 2. The van der Waals surface area contributed by atoms with Crippen LogP contribution in [0.5, 0.6) is 0 Å². The molecule has 0 saturated heterocycles. The van der Waals surface area contributed by atoms with Crippen LogP contribution in [0.2, 0.25) is 0 Å². The van der Waals surface area contributed by atoms with E-state index in [1.165, 1.54) is 36.4 Å². The number of sulfonamides is 1. The summed E-state index contributed by atoms with van der Waals surface area (Å²) in [7, 11) is -3.78. The van der Waals surface area contributed by atoms with Crippen molar-refractivity contribution in [2.45, 2.75) is 4.90 Å². The fourth-order valence-corrected chi connectivity index (χ4v) is 3.52. The van der Waals surface area contributed by atoms with E-state index in [0.29, 0.717) is 0 Å². The zero-order valence-corrected chi connectivity index (χ0v) is 13.4. The predicted molar refractivity (Wildman–Crippen MR) is 85.3 cm³/mol. The van der Waals surface area contributed by atoms with E-state index in [9.17, 15) is 12.8 Å². The average Bonchev–Trinajstić information content (AvgIpc) is 2.45. The maximum Gasteiger partial charge on any atom is 0.264 e. The fourth-order valence-electron chi connectivity index (χ4n) is 1.82. The Balaban J connectivity index is 2.50. The number of halogens is 2. The quantitative estimate of drug-likeness (QED) is 0.747. The Morgan fingerprint density at radius 2 is 1.86 bits per heavy atom. The molecule has 2 aromatic rings. The standard InChI is InChI=1S/C15H13BrFNO2S/c1-2-10-18(14-5-3-4-13(17)11-14)21(19,20)15-8-6-12(16)7-9-15/h2-9,11H,1,10H2. The van der Waals surface area contributed by atoms with Gasteiger partial charge in [-0.3, -0.25) is 4.31 Å². The monoisotopic (exact) mass is 369 g/mol. The molecule has 3 nitrogen and oxygen atoms in total. The van der Waals surface area contributed by atoms with E-state index in [2.05, 4.69) is 22.5 Å². The summed E-state index contributed by atoms with van der Waals surface area (Å²) in [6.07, 6.45) is 1.46. The van der Waals surface area contributed by atoms with E-state index in [4.69, 9.17) is 0 Å². The Labute approximate surface area is 131 Å². The fraction of sp³-hybridized carbons (Fsp3) is 0.0667. The topological polar surface area (TPSA) is 37.4 Å². The van der Waals surface area contributed by atoms with Gasteiger partial charge in [0.25, 0.3) is 10.0 Å². The van der Waals surface area contributed by atoms with Gasteiger partial charge in [0.2, 0.25) is 0 Å². The summed E-state index contributed by atoms with van der Waals surface area (Å²) in [4.78, 5) is 0.136. The molecule has 0 saturated carbocycles. The molecule has 110 valence electrons. The lowest BCUT2D eigenvalue weighted by Crippen LogP contribution is -2.31. The lowest BCUT2D eigenvalue weighted by atomic mass is 10.3. The van der Waals surface area contributed by atoms with Crippen molar-refractivity contribution in [2.75, 3.05) is 10.8 Å². The van der Waals surface area contributed by atoms with Crippen LogP contribution in [0.1, 0.15) is 0 Å². The lowest BCUT2D eigenvalue weighted by Gasteiger charge is -2.23. The minimum Gasteiger partial charge on any atom is -0.262 e. The van der Waals surface area contributed by atoms with Gasteiger partial charge in [-0.2, -0.15) is 0 Å². The molecular formula is C15H13BrFNO2S. The molecule has 6 heteroatoms. The third kappa shape index (κ3) is 3.51. The van der Waals surface area contributed by atoms with Crippen molar-refractivity contribution >= 4 is 31.6 Å². The van der Waals surface area contributed by atoms with Crippen LogP contribution in [0.25, 0.3) is 0 Å². The van der Waals surface area contributed by atoms with E-state index in [1.54, 1.807) is 18.2 Å². The van der Waals surface area contributed by atoms with Crippen molar-refractivity contribution < 1.29 is 12.8 Å². The molecule has 0 aliphatic heterocycles. The van der Waals surface area contributed by atoms with Crippen LogP contribution in [-0.2, 0) is 10.0 Å². The summed E-state index contributed by atoms with van der Waals surface area (Å²) >= 11 is 3.26. The highest BCUT2D eigenvalue weighted by Crippen LogP contribution is 2.25. The molecule has 0 unspecified atom stereocenters. The van der Waals surface area contributed by atoms with Crippen LogP contribution >= 0.6 is 15.9 Å². The Morgan fingerprint density at radius 3 is 2.43 bits per heavy atom. The average molecular weight is 370 g/mol.